The van der Waals surface area contributed by atoms with Crippen molar-refractivity contribution in [2.75, 3.05) is 25.5 Å². The van der Waals surface area contributed by atoms with Gasteiger partial charge in [0.25, 0.3) is 5.91 Å². The molecular weight excluding hydrogens is 356 g/mol. The highest BCUT2D eigenvalue weighted by Crippen LogP contribution is 2.28. The third-order valence-electron chi connectivity index (χ3n) is 4.42. The van der Waals surface area contributed by atoms with Gasteiger partial charge in [0.05, 0.1) is 41.8 Å². The van der Waals surface area contributed by atoms with Gasteiger partial charge in [-0.1, -0.05) is 11.6 Å². The number of esters is 1. The fourth-order valence-electron chi connectivity index (χ4n) is 3.03. The van der Waals surface area contributed by atoms with Gasteiger partial charge in [0.2, 0.25) is 0 Å². The average molecular weight is 377 g/mol. The molecule has 1 aliphatic heterocycles. The number of furan rings is 1. The molecule has 0 unspecified atom stereocenters. The Morgan fingerprint density at radius 2 is 2.00 bits per heavy atom. The van der Waals surface area contributed by atoms with Gasteiger partial charge < -0.3 is 19.4 Å². The van der Waals surface area contributed by atoms with Crippen molar-refractivity contribution in [1.82, 2.24) is 4.90 Å². The molecule has 0 bridgehead atoms. The van der Waals surface area contributed by atoms with Crippen molar-refractivity contribution >= 4 is 29.2 Å². The molecule has 1 N–H and O–H groups in total. The van der Waals surface area contributed by atoms with Gasteiger partial charge in [-0.25, -0.2) is 4.79 Å². The molecule has 0 saturated carbocycles. The number of carbonyl (C=O) groups excluding carboxylic acids is 2. The summed E-state index contributed by atoms with van der Waals surface area (Å²) in [7, 11) is 1.30. The molecule has 1 saturated heterocycles. The molecule has 0 aliphatic carbocycles. The van der Waals surface area contributed by atoms with Crippen molar-refractivity contribution in [1.29, 1.82) is 0 Å². The summed E-state index contributed by atoms with van der Waals surface area (Å²) in [6.45, 7) is 1.80. The van der Waals surface area contributed by atoms with Crippen LogP contribution in [0.4, 0.5) is 5.69 Å². The fraction of sp³-hybridized carbons (Fsp3) is 0.368. The lowest BCUT2D eigenvalue weighted by Gasteiger charge is -2.27. The molecule has 0 spiro atoms. The van der Waals surface area contributed by atoms with E-state index in [4.69, 9.17) is 20.8 Å². The molecule has 0 radical (unpaired) electrons. The molecule has 7 heteroatoms. The van der Waals surface area contributed by atoms with E-state index in [2.05, 4.69) is 5.32 Å². The van der Waals surface area contributed by atoms with Crippen LogP contribution in [0.3, 0.4) is 0 Å². The summed E-state index contributed by atoms with van der Waals surface area (Å²) in [6.07, 6.45) is 4.66. The van der Waals surface area contributed by atoms with Crippen LogP contribution in [-0.2, 0) is 11.3 Å². The highest BCUT2D eigenvalue weighted by molar-refractivity contribution is 6.34. The number of carbonyl (C=O) groups is 2. The first kappa shape index (κ1) is 18.3. The van der Waals surface area contributed by atoms with Gasteiger partial charge in [-0.3, -0.25) is 4.79 Å². The lowest BCUT2D eigenvalue weighted by atomic mass is 10.0. The van der Waals surface area contributed by atoms with Gasteiger partial charge in [0, 0.05) is 13.1 Å². The van der Waals surface area contributed by atoms with Crippen molar-refractivity contribution in [3.05, 3.63) is 52.4 Å². The van der Waals surface area contributed by atoms with Crippen molar-refractivity contribution in [3.8, 4) is 0 Å². The molecule has 1 aromatic carbocycles. The number of ether oxygens (including phenoxy) is 1. The van der Waals surface area contributed by atoms with E-state index >= 15 is 0 Å². The summed E-state index contributed by atoms with van der Waals surface area (Å²) >= 11 is 6.36. The predicted octanol–water partition coefficient (Wildman–Crippen LogP) is 3.96. The summed E-state index contributed by atoms with van der Waals surface area (Å²) in [5.41, 5.74) is 1.08. The zero-order valence-electron chi connectivity index (χ0n) is 14.6. The Morgan fingerprint density at radius 3 is 2.65 bits per heavy atom. The smallest absolute Gasteiger partial charge is 0.339 e. The quantitative estimate of drug-likeness (QED) is 0.800. The van der Waals surface area contributed by atoms with Crippen molar-refractivity contribution in [2.24, 2.45) is 0 Å². The summed E-state index contributed by atoms with van der Waals surface area (Å²) in [5.74, 6) is 0.0270. The van der Waals surface area contributed by atoms with E-state index in [9.17, 15) is 9.59 Å². The summed E-state index contributed by atoms with van der Waals surface area (Å²) in [4.78, 5) is 26.8. The number of nitrogens with zero attached hydrogens (tertiary/aromatic N) is 1. The number of amides is 1. The van der Waals surface area contributed by atoms with Crippen LogP contribution >= 0.6 is 11.6 Å². The number of hydrogen-bond donors (Lipinski definition) is 1. The van der Waals surface area contributed by atoms with E-state index in [1.807, 2.05) is 6.07 Å². The van der Waals surface area contributed by atoms with Gasteiger partial charge in [-0.15, -0.1) is 0 Å². The maximum Gasteiger partial charge on any atom is 0.339 e. The molecule has 26 heavy (non-hydrogen) atoms. The Labute approximate surface area is 157 Å². The number of methoxy groups -OCH3 is 1. The number of halogens is 1. The maximum atomic E-state index is 12.8. The van der Waals surface area contributed by atoms with Crippen LogP contribution < -0.4 is 5.32 Å². The second-order valence-corrected chi connectivity index (χ2v) is 6.56. The first-order chi connectivity index (χ1) is 12.6. The summed E-state index contributed by atoms with van der Waals surface area (Å²) < 4.78 is 10.1. The van der Waals surface area contributed by atoms with E-state index in [1.54, 1.807) is 23.3 Å². The zero-order valence-corrected chi connectivity index (χ0v) is 15.3. The van der Waals surface area contributed by atoms with Gasteiger partial charge in [-0.05, 0) is 43.5 Å². The Hall–Kier alpha value is -2.47. The number of rotatable bonds is 5. The zero-order chi connectivity index (χ0) is 18.5. The molecule has 1 aromatic heterocycles. The van der Waals surface area contributed by atoms with Gasteiger partial charge >= 0.3 is 5.97 Å². The molecule has 1 aliphatic rings. The maximum absolute atomic E-state index is 12.8. The first-order valence-corrected chi connectivity index (χ1v) is 8.95. The molecule has 3 rings (SSSR count). The highest BCUT2D eigenvalue weighted by atomic mass is 35.5. The number of benzene rings is 1. The molecule has 2 aromatic rings. The second-order valence-electron chi connectivity index (χ2n) is 6.15. The molecular formula is C19H21ClN2O4. The molecule has 6 nitrogen and oxygen atoms in total. The van der Waals surface area contributed by atoms with E-state index in [1.165, 1.54) is 13.2 Å². The highest BCUT2D eigenvalue weighted by Gasteiger charge is 2.24. The van der Waals surface area contributed by atoms with Crippen molar-refractivity contribution in [2.45, 2.75) is 25.8 Å². The molecule has 1 fully saturated rings. The van der Waals surface area contributed by atoms with Crippen LogP contribution in [0.1, 0.15) is 45.7 Å². The molecule has 2 heterocycles. The minimum absolute atomic E-state index is 0.155. The van der Waals surface area contributed by atoms with Crippen molar-refractivity contribution < 1.29 is 18.7 Å². The van der Waals surface area contributed by atoms with Crippen molar-refractivity contribution in [3.63, 3.8) is 0 Å². The third kappa shape index (κ3) is 4.02. The Balaban J connectivity index is 1.89. The van der Waals surface area contributed by atoms with Gasteiger partial charge in [-0.2, -0.15) is 0 Å². The third-order valence-corrected chi connectivity index (χ3v) is 4.73. The predicted molar refractivity (Wildman–Crippen MR) is 98.6 cm³/mol. The molecule has 1 amide bonds. The number of hydrogen-bond acceptors (Lipinski definition) is 5. The van der Waals surface area contributed by atoms with E-state index in [0.717, 1.165) is 19.3 Å². The number of likely N-dealkylation sites (tertiary alicyclic amines) is 1. The summed E-state index contributed by atoms with van der Waals surface area (Å²) in [6, 6.07) is 6.70. The standard InChI is InChI=1S/C19H21ClN2O4/c1-25-19(24)15-10-14(18(23)22-7-3-2-4-8-22)16(20)11-17(15)21-12-13-6-5-9-26-13/h5-6,9-11,21H,2-4,7-8,12H2,1H3. The largest absolute Gasteiger partial charge is 0.467 e. The lowest BCUT2D eigenvalue weighted by Crippen LogP contribution is -2.35. The monoisotopic (exact) mass is 376 g/mol. The van der Waals surface area contributed by atoms with Gasteiger partial charge in [0.1, 0.15) is 5.76 Å². The van der Waals surface area contributed by atoms with E-state index in [-0.39, 0.29) is 11.5 Å². The Bertz CT molecular complexity index is 783. The second kappa shape index (κ2) is 8.27. The number of piperidine rings is 1. The SMILES string of the molecule is COC(=O)c1cc(C(=O)N2CCCCC2)c(Cl)cc1NCc1ccco1. The Morgan fingerprint density at radius 1 is 1.23 bits per heavy atom. The van der Waals surface area contributed by atoms with E-state index in [0.29, 0.717) is 41.7 Å². The molecule has 138 valence electrons. The van der Waals surface area contributed by atoms with Gasteiger partial charge in [0.15, 0.2) is 0 Å². The Kier molecular flexibility index (Phi) is 5.83. The number of nitrogens with one attached hydrogen (secondary N) is 1. The molecule has 0 atom stereocenters. The lowest BCUT2D eigenvalue weighted by molar-refractivity contribution is 0.0601. The average Bonchev–Trinajstić information content (AvgIpc) is 3.19. The minimum Gasteiger partial charge on any atom is -0.467 e. The fourth-order valence-corrected chi connectivity index (χ4v) is 3.27. The summed E-state index contributed by atoms with van der Waals surface area (Å²) in [5, 5.41) is 3.41. The normalized spacial score (nSPS) is 14.2. The first-order valence-electron chi connectivity index (χ1n) is 8.57. The van der Waals surface area contributed by atoms with Crippen LogP contribution in [0, 0.1) is 0 Å². The van der Waals surface area contributed by atoms with E-state index < -0.39 is 5.97 Å². The van der Waals surface area contributed by atoms with Crippen LogP contribution in [0.5, 0.6) is 0 Å². The number of anilines is 1. The van der Waals surface area contributed by atoms with Crippen LogP contribution in [0.2, 0.25) is 5.02 Å². The topological polar surface area (TPSA) is 71.8 Å². The van der Waals surface area contributed by atoms with Crippen LogP contribution in [0.25, 0.3) is 0 Å². The van der Waals surface area contributed by atoms with Crippen LogP contribution in [0.15, 0.2) is 34.9 Å². The van der Waals surface area contributed by atoms with Crippen LogP contribution in [-0.4, -0.2) is 37.0 Å². The minimum atomic E-state index is -0.531.